The van der Waals surface area contributed by atoms with Gasteiger partial charge in [0.25, 0.3) is 11.8 Å². The Labute approximate surface area is 194 Å². The van der Waals surface area contributed by atoms with Crippen LogP contribution in [0.15, 0.2) is 54.6 Å². The third-order valence-electron chi connectivity index (χ3n) is 6.25. The Kier molecular flexibility index (Phi) is 6.84. The van der Waals surface area contributed by atoms with Crippen molar-refractivity contribution in [2.45, 2.75) is 39.2 Å². The second-order valence-electron chi connectivity index (χ2n) is 8.80. The Bertz CT molecular complexity index is 1180. The Morgan fingerprint density at radius 1 is 0.909 bits per heavy atom. The highest BCUT2D eigenvalue weighted by atomic mass is 16.1. The summed E-state index contributed by atoms with van der Waals surface area (Å²) in [5.41, 5.74) is 17.5. The molecule has 0 unspecified atom stereocenters. The van der Waals surface area contributed by atoms with Crippen LogP contribution in [0.1, 0.15) is 62.5 Å². The number of hydrogen-bond acceptors (Lipinski definition) is 4. The highest BCUT2D eigenvalue weighted by Gasteiger charge is 2.15. The number of primary amides is 2. The van der Waals surface area contributed by atoms with Crippen molar-refractivity contribution in [3.05, 3.63) is 88.2 Å². The molecule has 2 amide bonds. The maximum Gasteiger partial charge on any atom is 0.267 e. The van der Waals surface area contributed by atoms with Crippen LogP contribution in [0.2, 0.25) is 0 Å². The number of benzene rings is 2. The highest BCUT2D eigenvalue weighted by molar-refractivity contribution is 5.96. The van der Waals surface area contributed by atoms with Gasteiger partial charge in [-0.25, -0.2) is 4.98 Å². The van der Waals surface area contributed by atoms with Crippen molar-refractivity contribution < 1.29 is 9.59 Å². The van der Waals surface area contributed by atoms with E-state index < -0.39 is 11.8 Å². The van der Waals surface area contributed by atoms with Gasteiger partial charge in [-0.3, -0.25) is 14.5 Å². The summed E-state index contributed by atoms with van der Waals surface area (Å²) in [7, 11) is 0. The zero-order valence-electron chi connectivity index (χ0n) is 19.0. The van der Waals surface area contributed by atoms with Gasteiger partial charge in [-0.05, 0) is 84.8 Å². The molecular weight excluding hydrogens is 412 g/mol. The molecule has 0 atom stereocenters. The molecule has 0 saturated carbocycles. The lowest BCUT2D eigenvalue weighted by molar-refractivity contribution is 0.0991. The Morgan fingerprint density at radius 3 is 2.42 bits per heavy atom. The molecule has 1 fully saturated rings. The molecule has 0 spiro atoms. The molecule has 1 aliphatic heterocycles. The average Bonchev–Trinajstić information content (AvgIpc) is 2.81. The average molecular weight is 443 g/mol. The number of aryl methyl sites for hydroxylation is 1. The molecule has 0 bridgehead atoms. The molecule has 1 saturated heterocycles. The van der Waals surface area contributed by atoms with Crippen molar-refractivity contribution in [1.29, 1.82) is 0 Å². The fourth-order valence-electron chi connectivity index (χ4n) is 4.50. The largest absolute Gasteiger partial charge is 0.364 e. The van der Waals surface area contributed by atoms with Gasteiger partial charge < -0.3 is 11.5 Å². The highest BCUT2D eigenvalue weighted by Crippen LogP contribution is 2.27. The molecule has 2 aromatic carbocycles. The molecule has 33 heavy (non-hydrogen) atoms. The fourth-order valence-corrected chi connectivity index (χ4v) is 4.50. The van der Waals surface area contributed by atoms with E-state index >= 15 is 0 Å². The number of likely N-dealkylation sites (tertiary alicyclic amines) is 1. The van der Waals surface area contributed by atoms with Crippen LogP contribution in [-0.2, 0) is 13.0 Å². The van der Waals surface area contributed by atoms with Crippen molar-refractivity contribution in [2.75, 3.05) is 13.1 Å². The lowest BCUT2D eigenvalue weighted by atomic mass is 9.94. The fraction of sp³-hybridized carbons (Fsp3) is 0.296. The first-order valence-corrected chi connectivity index (χ1v) is 11.4. The number of carbonyl (C=O) groups excluding carboxylic acids is 2. The van der Waals surface area contributed by atoms with Gasteiger partial charge in [-0.15, -0.1) is 0 Å². The summed E-state index contributed by atoms with van der Waals surface area (Å²) in [4.78, 5) is 30.0. The number of rotatable bonds is 7. The summed E-state index contributed by atoms with van der Waals surface area (Å²) in [6, 6.07) is 18.3. The van der Waals surface area contributed by atoms with E-state index in [1.165, 1.54) is 55.1 Å². The van der Waals surface area contributed by atoms with Crippen molar-refractivity contribution in [1.82, 2.24) is 9.88 Å². The van der Waals surface area contributed by atoms with E-state index in [1.54, 1.807) is 6.07 Å². The van der Waals surface area contributed by atoms with Gasteiger partial charge in [0.05, 0.1) is 0 Å². The molecule has 6 nitrogen and oxygen atoms in total. The number of amides is 2. The quantitative estimate of drug-likeness (QED) is 0.580. The Balaban J connectivity index is 1.61. The number of pyridine rings is 1. The summed E-state index contributed by atoms with van der Waals surface area (Å²) in [6.45, 7) is 5.42. The minimum absolute atomic E-state index is 0.0302. The number of nitrogens with zero attached hydrogens (tertiary/aromatic N) is 2. The van der Waals surface area contributed by atoms with Crippen LogP contribution in [0.3, 0.4) is 0 Å². The minimum atomic E-state index is -0.689. The third kappa shape index (κ3) is 5.46. The first-order valence-electron chi connectivity index (χ1n) is 11.4. The smallest absolute Gasteiger partial charge is 0.267 e. The van der Waals surface area contributed by atoms with Gasteiger partial charge in [0.2, 0.25) is 0 Å². The minimum Gasteiger partial charge on any atom is -0.364 e. The molecule has 2 heterocycles. The van der Waals surface area contributed by atoms with Crippen molar-refractivity contribution in [3.8, 4) is 11.1 Å². The van der Waals surface area contributed by atoms with Crippen LogP contribution >= 0.6 is 0 Å². The normalized spacial score (nSPS) is 14.2. The second-order valence-corrected chi connectivity index (χ2v) is 8.80. The monoisotopic (exact) mass is 442 g/mol. The van der Waals surface area contributed by atoms with Gasteiger partial charge >= 0.3 is 0 Å². The zero-order valence-corrected chi connectivity index (χ0v) is 19.0. The van der Waals surface area contributed by atoms with Crippen LogP contribution in [0, 0.1) is 6.92 Å². The molecule has 170 valence electrons. The Hall–Kier alpha value is -3.51. The SMILES string of the molecule is Cc1ccc(Cc2ccc(C(N)=O)nc2C(N)=O)cc1-c1cccc(CN2CCCCC2)c1. The molecule has 1 aliphatic rings. The maximum absolute atomic E-state index is 11.9. The maximum atomic E-state index is 11.9. The number of carbonyl (C=O) groups is 2. The molecule has 0 radical (unpaired) electrons. The molecule has 1 aromatic heterocycles. The van der Waals surface area contributed by atoms with E-state index in [-0.39, 0.29) is 11.4 Å². The molecule has 4 rings (SSSR count). The summed E-state index contributed by atoms with van der Waals surface area (Å²) in [5, 5.41) is 0. The van der Waals surface area contributed by atoms with Gasteiger partial charge in [-0.2, -0.15) is 0 Å². The first-order chi connectivity index (χ1) is 15.9. The van der Waals surface area contributed by atoms with Crippen LogP contribution in [0.5, 0.6) is 0 Å². The third-order valence-corrected chi connectivity index (χ3v) is 6.25. The summed E-state index contributed by atoms with van der Waals surface area (Å²) < 4.78 is 0. The van der Waals surface area contributed by atoms with Crippen LogP contribution < -0.4 is 11.5 Å². The number of hydrogen-bond donors (Lipinski definition) is 2. The van der Waals surface area contributed by atoms with E-state index in [0.717, 1.165) is 17.7 Å². The predicted molar refractivity (Wildman–Crippen MR) is 130 cm³/mol. The topological polar surface area (TPSA) is 102 Å². The van der Waals surface area contributed by atoms with Crippen molar-refractivity contribution in [3.63, 3.8) is 0 Å². The second kappa shape index (κ2) is 9.96. The molecule has 3 aromatic rings. The lowest BCUT2D eigenvalue weighted by Gasteiger charge is -2.26. The van der Waals surface area contributed by atoms with Crippen LogP contribution in [0.25, 0.3) is 11.1 Å². The van der Waals surface area contributed by atoms with E-state index in [1.807, 2.05) is 6.07 Å². The first kappa shape index (κ1) is 22.7. The molecule has 6 heteroatoms. The van der Waals surface area contributed by atoms with Crippen LogP contribution in [-0.4, -0.2) is 34.8 Å². The summed E-state index contributed by atoms with van der Waals surface area (Å²) >= 11 is 0. The van der Waals surface area contributed by atoms with Crippen LogP contribution in [0.4, 0.5) is 0 Å². The van der Waals surface area contributed by atoms with Crippen molar-refractivity contribution >= 4 is 11.8 Å². The molecule has 0 aliphatic carbocycles. The van der Waals surface area contributed by atoms with Gasteiger partial charge in [0, 0.05) is 6.54 Å². The zero-order chi connectivity index (χ0) is 23.4. The van der Waals surface area contributed by atoms with Gasteiger partial charge in [0.1, 0.15) is 11.4 Å². The van der Waals surface area contributed by atoms with Gasteiger partial charge in [0.15, 0.2) is 0 Å². The number of piperidine rings is 1. The molecular formula is C27H30N4O2. The summed E-state index contributed by atoms with van der Waals surface area (Å²) in [6.07, 6.45) is 4.37. The van der Waals surface area contributed by atoms with E-state index in [9.17, 15) is 9.59 Å². The Morgan fingerprint density at radius 2 is 1.70 bits per heavy atom. The lowest BCUT2D eigenvalue weighted by Crippen LogP contribution is -2.29. The van der Waals surface area contributed by atoms with Crippen molar-refractivity contribution in [2.24, 2.45) is 11.5 Å². The van der Waals surface area contributed by atoms with Gasteiger partial charge in [-0.1, -0.05) is 48.9 Å². The standard InChI is InChI=1S/C27H30N4O2/c1-18-8-9-19(14-22-10-11-24(26(28)32)30-25(22)27(29)33)16-23(18)21-7-5-6-20(15-21)17-31-12-3-2-4-13-31/h5-11,15-16H,2-4,12-14,17H2,1H3,(H2,28,32)(H2,29,33). The summed E-state index contributed by atoms with van der Waals surface area (Å²) in [5.74, 6) is -1.36. The number of aromatic nitrogens is 1. The predicted octanol–water partition coefficient (Wildman–Crippen LogP) is 3.83. The van der Waals surface area contributed by atoms with E-state index in [2.05, 4.69) is 53.2 Å². The molecule has 4 N–H and O–H groups in total. The number of nitrogens with two attached hydrogens (primary N) is 2. The van der Waals surface area contributed by atoms with E-state index in [4.69, 9.17) is 11.5 Å². The van der Waals surface area contributed by atoms with E-state index in [0.29, 0.717) is 12.0 Å².